The molecule has 1 N–H and O–H groups in total. The maximum absolute atomic E-state index is 13.6. The summed E-state index contributed by atoms with van der Waals surface area (Å²) in [6, 6.07) is 6.96. The smallest absolute Gasteiger partial charge is 0.254 e. The number of nitrogens with one attached hydrogen (secondary N) is 1. The fourth-order valence-electron chi connectivity index (χ4n) is 4.42. The van der Waals surface area contributed by atoms with Gasteiger partial charge in [-0.1, -0.05) is 6.07 Å². The highest BCUT2D eigenvalue weighted by Crippen LogP contribution is 2.46. The van der Waals surface area contributed by atoms with Crippen LogP contribution in [-0.4, -0.2) is 82.3 Å². The van der Waals surface area contributed by atoms with Gasteiger partial charge in [0.15, 0.2) is 11.5 Å². The van der Waals surface area contributed by atoms with Crippen molar-refractivity contribution in [3.8, 4) is 11.5 Å². The molecule has 4 rings (SSSR count). The number of carbonyl (C=O) groups excluding carboxylic acids is 2. The Hall–Kier alpha value is -2.62. The number of morpholine rings is 1. The normalized spacial score (nSPS) is 21.2. The van der Waals surface area contributed by atoms with E-state index in [0.29, 0.717) is 29.2 Å². The number of hydrogen-bond acceptors (Lipinski definition) is 7. The summed E-state index contributed by atoms with van der Waals surface area (Å²) in [5, 5.41) is 5.07. The second-order valence-corrected chi connectivity index (χ2v) is 8.87. The van der Waals surface area contributed by atoms with Crippen LogP contribution in [0, 0.1) is 0 Å². The molecule has 0 radical (unpaired) electrons. The van der Waals surface area contributed by atoms with Crippen molar-refractivity contribution in [1.29, 1.82) is 0 Å². The van der Waals surface area contributed by atoms with E-state index in [-0.39, 0.29) is 11.8 Å². The van der Waals surface area contributed by atoms with Crippen molar-refractivity contribution in [2.24, 2.45) is 0 Å². The molecule has 0 bridgehead atoms. The maximum Gasteiger partial charge on any atom is 0.254 e. The van der Waals surface area contributed by atoms with Crippen molar-refractivity contribution >= 4 is 23.2 Å². The van der Waals surface area contributed by atoms with Crippen molar-refractivity contribution in [3.63, 3.8) is 0 Å². The lowest BCUT2D eigenvalue weighted by molar-refractivity contribution is -0.124. The van der Waals surface area contributed by atoms with Crippen molar-refractivity contribution in [1.82, 2.24) is 15.1 Å². The van der Waals surface area contributed by atoms with Crippen LogP contribution in [0.4, 0.5) is 0 Å². The molecule has 8 nitrogen and oxygen atoms in total. The molecule has 2 aliphatic rings. The van der Waals surface area contributed by atoms with E-state index in [0.717, 1.165) is 37.7 Å². The first kappa shape index (κ1) is 22.6. The second-order valence-electron chi connectivity index (χ2n) is 7.89. The van der Waals surface area contributed by atoms with Gasteiger partial charge in [-0.2, -0.15) is 0 Å². The van der Waals surface area contributed by atoms with Crippen LogP contribution in [0.5, 0.6) is 11.5 Å². The summed E-state index contributed by atoms with van der Waals surface area (Å²) in [6.45, 7) is 4.48. The van der Waals surface area contributed by atoms with Gasteiger partial charge in [0.2, 0.25) is 5.91 Å². The van der Waals surface area contributed by atoms with E-state index < -0.39 is 12.0 Å². The molecule has 9 heteroatoms. The molecule has 172 valence electrons. The van der Waals surface area contributed by atoms with Crippen LogP contribution in [-0.2, 0) is 9.53 Å². The molecule has 1 fully saturated rings. The lowest BCUT2D eigenvalue weighted by atomic mass is 9.81. The zero-order valence-electron chi connectivity index (χ0n) is 18.6. The molecular formula is C23H29N3O5S. The zero-order valence-corrected chi connectivity index (χ0v) is 19.4. The van der Waals surface area contributed by atoms with Gasteiger partial charge in [-0.3, -0.25) is 14.5 Å². The Kier molecular flexibility index (Phi) is 6.98. The number of nitrogens with zero attached hydrogens (tertiary/aromatic N) is 2. The molecule has 1 aromatic carbocycles. The predicted molar refractivity (Wildman–Crippen MR) is 122 cm³/mol. The van der Waals surface area contributed by atoms with E-state index in [1.54, 1.807) is 42.5 Å². The van der Waals surface area contributed by atoms with Crippen LogP contribution in [0.15, 0.2) is 29.6 Å². The van der Waals surface area contributed by atoms with Gasteiger partial charge in [-0.15, -0.1) is 11.3 Å². The molecule has 0 spiro atoms. The molecular weight excluding hydrogens is 430 g/mol. The van der Waals surface area contributed by atoms with E-state index in [2.05, 4.69) is 10.2 Å². The summed E-state index contributed by atoms with van der Waals surface area (Å²) in [4.78, 5) is 31.7. The first-order valence-electron chi connectivity index (χ1n) is 10.7. The van der Waals surface area contributed by atoms with Crippen molar-refractivity contribution in [3.05, 3.63) is 45.6 Å². The number of rotatable bonds is 7. The summed E-state index contributed by atoms with van der Waals surface area (Å²) in [6.07, 6.45) is 0. The summed E-state index contributed by atoms with van der Waals surface area (Å²) in [5.41, 5.74) is 1.12. The number of benzene rings is 1. The van der Waals surface area contributed by atoms with Crippen LogP contribution in [0.3, 0.4) is 0 Å². The van der Waals surface area contributed by atoms with Gasteiger partial charge in [0.25, 0.3) is 5.91 Å². The van der Waals surface area contributed by atoms with E-state index in [1.807, 2.05) is 17.5 Å². The highest BCUT2D eigenvalue weighted by molar-refractivity contribution is 7.10. The number of amides is 2. The standard InChI is InChI=1S/C23H29N3O5S/c1-25-21(19-5-4-12-32-19)20(22(27)24-6-7-26-8-10-31-11-9-26)15-13-17(29-2)18(30-3)14-16(15)23(25)28/h4-5,12-14,20-21H,6-11H2,1-3H3,(H,24,27)/t20-,21-/m0/s1. The van der Waals surface area contributed by atoms with Gasteiger partial charge in [0.1, 0.15) is 0 Å². The topological polar surface area (TPSA) is 80.3 Å². The third-order valence-corrected chi connectivity index (χ3v) is 7.07. The van der Waals surface area contributed by atoms with Crippen LogP contribution in [0.1, 0.15) is 32.8 Å². The molecule has 32 heavy (non-hydrogen) atoms. The largest absolute Gasteiger partial charge is 0.493 e. The molecule has 2 aliphatic heterocycles. The number of hydrogen-bond donors (Lipinski definition) is 1. The molecule has 2 aromatic rings. The van der Waals surface area contributed by atoms with E-state index in [1.165, 1.54) is 7.11 Å². The lowest BCUT2D eigenvalue weighted by Gasteiger charge is -2.39. The van der Waals surface area contributed by atoms with Crippen LogP contribution < -0.4 is 14.8 Å². The summed E-state index contributed by atoms with van der Waals surface area (Å²) in [5.74, 6) is 0.158. The quantitative estimate of drug-likeness (QED) is 0.683. The van der Waals surface area contributed by atoms with Gasteiger partial charge in [-0.05, 0) is 29.1 Å². The zero-order chi connectivity index (χ0) is 22.7. The first-order valence-corrected chi connectivity index (χ1v) is 11.6. The number of ether oxygens (including phenoxy) is 3. The molecule has 0 unspecified atom stereocenters. The van der Waals surface area contributed by atoms with Gasteiger partial charge in [-0.25, -0.2) is 0 Å². The third-order valence-electron chi connectivity index (χ3n) is 6.12. The second kappa shape index (κ2) is 9.89. The Balaban J connectivity index is 1.66. The molecule has 0 aliphatic carbocycles. The first-order chi connectivity index (χ1) is 15.5. The fourth-order valence-corrected chi connectivity index (χ4v) is 5.32. The van der Waals surface area contributed by atoms with Gasteiger partial charge >= 0.3 is 0 Å². The lowest BCUT2D eigenvalue weighted by Crippen LogP contribution is -2.47. The van der Waals surface area contributed by atoms with Gasteiger partial charge < -0.3 is 24.4 Å². The number of carbonyl (C=O) groups is 2. The Morgan fingerprint density at radius 3 is 2.59 bits per heavy atom. The monoisotopic (exact) mass is 459 g/mol. The number of likely N-dealkylation sites (N-methyl/N-ethyl adjacent to an activating group) is 1. The summed E-state index contributed by atoms with van der Waals surface area (Å²) >= 11 is 1.54. The highest BCUT2D eigenvalue weighted by atomic mass is 32.1. The van der Waals surface area contributed by atoms with Crippen molar-refractivity contribution in [2.45, 2.75) is 12.0 Å². The Morgan fingerprint density at radius 2 is 1.94 bits per heavy atom. The predicted octanol–water partition coefficient (Wildman–Crippen LogP) is 2.12. The van der Waals surface area contributed by atoms with Crippen LogP contribution >= 0.6 is 11.3 Å². The van der Waals surface area contributed by atoms with Gasteiger partial charge in [0.05, 0.1) is 39.4 Å². The molecule has 2 atom stereocenters. The minimum absolute atomic E-state index is 0.107. The SMILES string of the molecule is COc1cc2c(cc1OC)[C@H](C(=O)NCCN1CCOCC1)[C@H](c1cccs1)N(C)C2=O. The number of fused-ring (bicyclic) bond motifs is 1. The Bertz CT molecular complexity index is 959. The third kappa shape index (κ3) is 4.32. The van der Waals surface area contributed by atoms with E-state index >= 15 is 0 Å². The Morgan fingerprint density at radius 1 is 1.22 bits per heavy atom. The van der Waals surface area contributed by atoms with E-state index in [9.17, 15) is 9.59 Å². The highest BCUT2D eigenvalue weighted by Gasteiger charge is 2.44. The van der Waals surface area contributed by atoms with Gasteiger partial charge in [0, 0.05) is 43.7 Å². The van der Waals surface area contributed by atoms with E-state index in [4.69, 9.17) is 14.2 Å². The molecule has 1 aromatic heterocycles. The molecule has 2 amide bonds. The van der Waals surface area contributed by atoms with Crippen molar-refractivity contribution < 1.29 is 23.8 Å². The average Bonchev–Trinajstić information content (AvgIpc) is 3.35. The molecule has 0 saturated carbocycles. The minimum atomic E-state index is -0.559. The Labute approximate surface area is 192 Å². The average molecular weight is 460 g/mol. The minimum Gasteiger partial charge on any atom is -0.493 e. The number of methoxy groups -OCH3 is 2. The maximum atomic E-state index is 13.6. The summed E-state index contributed by atoms with van der Waals surface area (Å²) < 4.78 is 16.3. The van der Waals surface area contributed by atoms with Crippen LogP contribution in [0.2, 0.25) is 0 Å². The summed E-state index contributed by atoms with van der Waals surface area (Å²) in [7, 11) is 4.83. The molecule has 3 heterocycles. The molecule has 1 saturated heterocycles. The van der Waals surface area contributed by atoms with Crippen LogP contribution in [0.25, 0.3) is 0 Å². The number of thiophene rings is 1. The fraction of sp³-hybridized carbons (Fsp3) is 0.478. The van der Waals surface area contributed by atoms with Crippen molar-refractivity contribution in [2.75, 3.05) is 60.7 Å².